The van der Waals surface area contributed by atoms with Crippen LogP contribution >= 0.6 is 0 Å². The number of nitrogens with zero attached hydrogens (tertiary/aromatic N) is 4. The van der Waals surface area contributed by atoms with Crippen molar-refractivity contribution in [2.75, 3.05) is 32.8 Å². The van der Waals surface area contributed by atoms with Crippen molar-refractivity contribution in [1.82, 2.24) is 25.4 Å². The van der Waals surface area contributed by atoms with Crippen molar-refractivity contribution in [3.05, 3.63) is 12.2 Å². The number of ether oxygens (including phenoxy) is 1. The molecule has 0 bridgehead atoms. The Labute approximate surface area is 139 Å². The molecule has 138 valence electrons. The molecule has 0 aromatic carbocycles. The van der Waals surface area contributed by atoms with E-state index >= 15 is 0 Å². The van der Waals surface area contributed by atoms with Crippen LogP contribution in [0.25, 0.3) is 0 Å². The Morgan fingerprint density at radius 1 is 1.33 bits per heavy atom. The van der Waals surface area contributed by atoms with Crippen LogP contribution in [0.5, 0.6) is 0 Å². The molecule has 0 unspecified atom stereocenters. The maximum atomic E-state index is 11.9. The molecule has 1 heterocycles. The average molecular weight is 350 g/mol. The summed E-state index contributed by atoms with van der Waals surface area (Å²) in [7, 11) is 0. The molecule has 2 N–H and O–H groups in total. The molecule has 0 fully saturated rings. The number of alkyl halides is 3. The Morgan fingerprint density at radius 3 is 2.79 bits per heavy atom. The van der Waals surface area contributed by atoms with E-state index in [0.717, 1.165) is 12.2 Å². The van der Waals surface area contributed by atoms with Crippen LogP contribution in [-0.2, 0) is 17.7 Å². The van der Waals surface area contributed by atoms with Crippen LogP contribution in [0.1, 0.15) is 26.1 Å². The predicted octanol–water partition coefficient (Wildman–Crippen LogP) is 1.36. The lowest BCUT2D eigenvalue weighted by atomic mass is 10.4. The van der Waals surface area contributed by atoms with E-state index in [1.807, 2.05) is 18.4 Å². The first kappa shape index (κ1) is 20.2. The van der Waals surface area contributed by atoms with Gasteiger partial charge >= 0.3 is 6.18 Å². The van der Waals surface area contributed by atoms with E-state index in [9.17, 15) is 13.2 Å². The third-order valence-corrected chi connectivity index (χ3v) is 2.98. The Morgan fingerprint density at radius 2 is 2.12 bits per heavy atom. The highest BCUT2D eigenvalue weighted by molar-refractivity contribution is 5.79. The van der Waals surface area contributed by atoms with Gasteiger partial charge in [-0.2, -0.15) is 13.2 Å². The molecule has 0 saturated heterocycles. The second-order valence-electron chi connectivity index (χ2n) is 5.00. The maximum absolute atomic E-state index is 11.9. The summed E-state index contributed by atoms with van der Waals surface area (Å²) in [6.07, 6.45) is -1.36. The Bertz CT molecular complexity index is 489. The average Bonchev–Trinajstić information content (AvgIpc) is 2.97. The fourth-order valence-corrected chi connectivity index (χ4v) is 1.92. The Balaban J connectivity index is 2.27. The van der Waals surface area contributed by atoms with Gasteiger partial charge < -0.3 is 19.9 Å². The molecule has 0 spiro atoms. The fourth-order valence-electron chi connectivity index (χ4n) is 1.92. The van der Waals surface area contributed by atoms with Gasteiger partial charge in [0.2, 0.25) is 0 Å². The SMILES string of the molecule is CCNC(=NCCCOCC(F)(F)F)NCCn1cnnc1CC. The molecule has 0 aliphatic carbocycles. The molecular weight excluding hydrogens is 325 g/mol. The summed E-state index contributed by atoms with van der Waals surface area (Å²) in [5.41, 5.74) is 0. The predicted molar refractivity (Wildman–Crippen MR) is 84.9 cm³/mol. The third kappa shape index (κ3) is 8.70. The van der Waals surface area contributed by atoms with Gasteiger partial charge in [0.1, 0.15) is 18.8 Å². The van der Waals surface area contributed by atoms with Gasteiger partial charge in [-0.3, -0.25) is 4.99 Å². The number of halogens is 3. The largest absolute Gasteiger partial charge is 0.411 e. The zero-order valence-corrected chi connectivity index (χ0v) is 14.1. The number of aliphatic imine (C=N–C) groups is 1. The van der Waals surface area contributed by atoms with Gasteiger partial charge in [-0.05, 0) is 13.3 Å². The van der Waals surface area contributed by atoms with Crippen molar-refractivity contribution >= 4 is 5.96 Å². The minimum absolute atomic E-state index is 0.0307. The lowest BCUT2D eigenvalue weighted by molar-refractivity contribution is -0.173. The van der Waals surface area contributed by atoms with E-state index < -0.39 is 12.8 Å². The first-order valence-electron chi connectivity index (χ1n) is 7.99. The van der Waals surface area contributed by atoms with Gasteiger partial charge in [-0.1, -0.05) is 6.92 Å². The van der Waals surface area contributed by atoms with Gasteiger partial charge in [-0.25, -0.2) is 0 Å². The molecule has 1 rings (SSSR count). The van der Waals surface area contributed by atoms with Crippen molar-refractivity contribution in [3.8, 4) is 0 Å². The molecule has 0 aliphatic rings. The van der Waals surface area contributed by atoms with Crippen molar-refractivity contribution in [3.63, 3.8) is 0 Å². The number of rotatable bonds is 10. The number of hydrogen-bond acceptors (Lipinski definition) is 4. The highest BCUT2D eigenvalue weighted by Crippen LogP contribution is 2.14. The van der Waals surface area contributed by atoms with Gasteiger partial charge in [0.05, 0.1) is 0 Å². The summed E-state index contributed by atoms with van der Waals surface area (Å²) in [6.45, 7) is 5.20. The van der Waals surface area contributed by atoms with Crippen LogP contribution in [-0.4, -0.2) is 59.7 Å². The first-order chi connectivity index (χ1) is 11.5. The smallest absolute Gasteiger partial charge is 0.372 e. The topological polar surface area (TPSA) is 76.4 Å². The van der Waals surface area contributed by atoms with Gasteiger partial charge in [-0.15, -0.1) is 10.2 Å². The zero-order chi connectivity index (χ0) is 17.8. The molecule has 1 aromatic rings. The molecule has 0 radical (unpaired) electrons. The van der Waals surface area contributed by atoms with Crippen LogP contribution in [0.15, 0.2) is 11.3 Å². The minimum atomic E-state index is -4.28. The zero-order valence-electron chi connectivity index (χ0n) is 14.1. The van der Waals surface area contributed by atoms with E-state index in [0.29, 0.717) is 38.6 Å². The number of aryl methyl sites for hydroxylation is 1. The van der Waals surface area contributed by atoms with Crippen molar-refractivity contribution < 1.29 is 17.9 Å². The molecule has 0 atom stereocenters. The second-order valence-corrected chi connectivity index (χ2v) is 5.00. The molecule has 7 nitrogen and oxygen atoms in total. The van der Waals surface area contributed by atoms with Crippen LogP contribution in [0.3, 0.4) is 0 Å². The van der Waals surface area contributed by atoms with Crippen LogP contribution in [0.4, 0.5) is 13.2 Å². The lowest BCUT2D eigenvalue weighted by Gasteiger charge is -2.12. The minimum Gasteiger partial charge on any atom is -0.372 e. The molecule has 1 aromatic heterocycles. The monoisotopic (exact) mass is 350 g/mol. The summed E-state index contributed by atoms with van der Waals surface area (Å²) in [5.74, 6) is 1.54. The quantitative estimate of drug-likeness (QED) is 0.379. The van der Waals surface area contributed by atoms with Gasteiger partial charge in [0.15, 0.2) is 5.96 Å². The number of hydrogen-bond donors (Lipinski definition) is 2. The summed E-state index contributed by atoms with van der Waals surface area (Å²) >= 11 is 0. The van der Waals surface area contributed by atoms with E-state index in [1.54, 1.807) is 6.33 Å². The Kier molecular flexibility index (Phi) is 9.13. The number of guanidine groups is 1. The van der Waals surface area contributed by atoms with Crippen molar-refractivity contribution in [2.45, 2.75) is 39.4 Å². The first-order valence-corrected chi connectivity index (χ1v) is 7.99. The maximum Gasteiger partial charge on any atom is 0.411 e. The normalized spacial score (nSPS) is 12.5. The van der Waals surface area contributed by atoms with Crippen molar-refractivity contribution in [2.24, 2.45) is 4.99 Å². The highest BCUT2D eigenvalue weighted by atomic mass is 19.4. The Hall–Kier alpha value is -1.84. The molecule has 0 amide bonds. The summed E-state index contributed by atoms with van der Waals surface area (Å²) in [6, 6.07) is 0. The van der Waals surface area contributed by atoms with E-state index in [1.165, 1.54) is 0 Å². The summed E-state index contributed by atoms with van der Waals surface area (Å²) < 4.78 is 42.3. The standard InChI is InChI=1S/C14H25F3N6O/c1-3-12-22-21-11-23(12)8-7-20-13(18-4-2)19-6-5-9-24-10-14(15,16)17/h11H,3-10H2,1-2H3,(H2,18,19,20). The van der Waals surface area contributed by atoms with E-state index in [-0.39, 0.29) is 6.61 Å². The molecule has 0 saturated carbocycles. The van der Waals surface area contributed by atoms with Crippen LogP contribution < -0.4 is 10.6 Å². The lowest BCUT2D eigenvalue weighted by Crippen LogP contribution is -2.39. The summed E-state index contributed by atoms with van der Waals surface area (Å²) in [4.78, 5) is 4.30. The highest BCUT2D eigenvalue weighted by Gasteiger charge is 2.27. The van der Waals surface area contributed by atoms with Crippen LogP contribution in [0.2, 0.25) is 0 Å². The van der Waals surface area contributed by atoms with Crippen LogP contribution in [0, 0.1) is 0 Å². The molecule has 0 aliphatic heterocycles. The van der Waals surface area contributed by atoms with Gasteiger partial charge in [0, 0.05) is 39.2 Å². The number of aromatic nitrogens is 3. The molecule has 10 heteroatoms. The summed E-state index contributed by atoms with van der Waals surface area (Å²) in [5, 5.41) is 14.1. The molecular formula is C14H25F3N6O. The van der Waals surface area contributed by atoms with Crippen molar-refractivity contribution in [1.29, 1.82) is 0 Å². The fraction of sp³-hybridized carbons (Fsp3) is 0.786. The second kappa shape index (κ2) is 10.8. The van der Waals surface area contributed by atoms with Gasteiger partial charge in [0.25, 0.3) is 0 Å². The van der Waals surface area contributed by atoms with E-state index in [4.69, 9.17) is 0 Å². The third-order valence-electron chi connectivity index (χ3n) is 2.98. The van der Waals surface area contributed by atoms with E-state index in [2.05, 4.69) is 30.6 Å². The molecule has 24 heavy (non-hydrogen) atoms. The number of nitrogens with one attached hydrogen (secondary N) is 2.